The fourth-order valence-corrected chi connectivity index (χ4v) is 1.80. The zero-order chi connectivity index (χ0) is 10.8. The third kappa shape index (κ3) is 2.18. The Hall–Kier alpha value is -1.34. The van der Waals surface area contributed by atoms with Gasteiger partial charge in [0.2, 0.25) is 5.13 Å². The topological polar surface area (TPSA) is 40.7 Å². The molecule has 0 radical (unpaired) electrons. The summed E-state index contributed by atoms with van der Waals surface area (Å²) in [5, 5.41) is 9.32. The maximum Gasteiger partial charge on any atom is 0.208 e. The second-order valence-corrected chi connectivity index (χ2v) is 4.31. The lowest BCUT2D eigenvalue weighted by atomic mass is 10.3. The molecule has 1 heterocycles. The first kappa shape index (κ1) is 10.2. The predicted molar refractivity (Wildman–Crippen MR) is 56.9 cm³/mol. The van der Waals surface area contributed by atoms with Crippen LogP contribution in [0.5, 0.6) is 0 Å². The standard InChI is InChI=1S/C8H5F2N3S2/c9-4-2-1-3-5(6(4)10)11-7-12-13-8(14)15-7/h1-3H,(H,11,12)(H,13,14). The SMILES string of the molecule is Fc1cccc(Nc2n[nH]c(=S)s2)c1F. The number of nitrogens with one attached hydrogen (secondary N) is 2. The van der Waals surface area contributed by atoms with Crippen molar-refractivity contribution < 1.29 is 8.78 Å². The average Bonchev–Trinajstić information content (AvgIpc) is 2.59. The van der Waals surface area contributed by atoms with Crippen molar-refractivity contribution in [3.63, 3.8) is 0 Å². The Morgan fingerprint density at radius 3 is 2.87 bits per heavy atom. The first-order chi connectivity index (χ1) is 7.16. The summed E-state index contributed by atoms with van der Waals surface area (Å²) in [6.45, 7) is 0. The summed E-state index contributed by atoms with van der Waals surface area (Å²) >= 11 is 5.95. The summed E-state index contributed by atoms with van der Waals surface area (Å²) in [4.78, 5) is 0. The highest BCUT2D eigenvalue weighted by Crippen LogP contribution is 2.22. The van der Waals surface area contributed by atoms with E-state index >= 15 is 0 Å². The molecule has 78 valence electrons. The first-order valence-corrected chi connectivity index (χ1v) is 5.16. The van der Waals surface area contributed by atoms with Crippen LogP contribution in [0.4, 0.5) is 19.6 Å². The van der Waals surface area contributed by atoms with Crippen LogP contribution in [0.3, 0.4) is 0 Å². The van der Waals surface area contributed by atoms with Crippen molar-refractivity contribution in [1.82, 2.24) is 10.2 Å². The van der Waals surface area contributed by atoms with Gasteiger partial charge in [-0.1, -0.05) is 17.4 Å². The number of nitrogens with zero attached hydrogens (tertiary/aromatic N) is 1. The lowest BCUT2D eigenvalue weighted by Crippen LogP contribution is -1.95. The highest BCUT2D eigenvalue weighted by atomic mass is 32.1. The van der Waals surface area contributed by atoms with Crippen LogP contribution in [0, 0.1) is 15.6 Å². The Kier molecular flexibility index (Phi) is 2.74. The second-order valence-electron chi connectivity index (χ2n) is 2.64. The highest BCUT2D eigenvalue weighted by molar-refractivity contribution is 7.73. The predicted octanol–water partition coefficient (Wildman–Crippen LogP) is 3.22. The molecular weight excluding hydrogens is 240 g/mol. The van der Waals surface area contributed by atoms with Crippen molar-refractivity contribution in [2.45, 2.75) is 0 Å². The number of hydrogen-bond donors (Lipinski definition) is 2. The minimum atomic E-state index is -0.932. The fourth-order valence-electron chi connectivity index (χ4n) is 0.999. The number of anilines is 2. The molecule has 2 N–H and O–H groups in total. The van der Waals surface area contributed by atoms with Crippen LogP contribution in [0.1, 0.15) is 0 Å². The third-order valence-corrected chi connectivity index (χ3v) is 2.64. The molecule has 2 aromatic rings. The number of benzene rings is 1. The molecule has 0 saturated heterocycles. The van der Waals surface area contributed by atoms with E-state index < -0.39 is 11.6 Å². The molecule has 0 spiro atoms. The smallest absolute Gasteiger partial charge is 0.208 e. The van der Waals surface area contributed by atoms with E-state index in [9.17, 15) is 8.78 Å². The van der Waals surface area contributed by atoms with Gasteiger partial charge in [-0.2, -0.15) is 0 Å². The summed E-state index contributed by atoms with van der Waals surface area (Å²) in [5.41, 5.74) is 0.0350. The van der Waals surface area contributed by atoms with Gasteiger partial charge in [-0.3, -0.25) is 5.10 Å². The molecule has 3 nitrogen and oxygen atoms in total. The Morgan fingerprint density at radius 1 is 1.40 bits per heavy atom. The van der Waals surface area contributed by atoms with Crippen LogP contribution < -0.4 is 5.32 Å². The van der Waals surface area contributed by atoms with Gasteiger partial charge in [-0.05, 0) is 24.4 Å². The van der Waals surface area contributed by atoms with E-state index in [1.165, 1.54) is 12.1 Å². The van der Waals surface area contributed by atoms with Gasteiger partial charge in [0.15, 0.2) is 15.6 Å². The summed E-state index contributed by atoms with van der Waals surface area (Å²) < 4.78 is 26.5. The molecule has 0 saturated carbocycles. The van der Waals surface area contributed by atoms with Gasteiger partial charge in [0.1, 0.15) is 0 Å². The van der Waals surface area contributed by atoms with Crippen molar-refractivity contribution in [2.24, 2.45) is 0 Å². The van der Waals surface area contributed by atoms with Gasteiger partial charge in [-0.15, -0.1) is 5.10 Å². The summed E-state index contributed by atoms with van der Waals surface area (Å²) in [6, 6.07) is 3.88. The summed E-state index contributed by atoms with van der Waals surface area (Å²) in [5.74, 6) is -1.84. The Bertz CT molecular complexity index is 535. The van der Waals surface area contributed by atoms with Gasteiger partial charge in [0, 0.05) is 0 Å². The molecule has 1 aromatic heterocycles. The van der Waals surface area contributed by atoms with Crippen molar-refractivity contribution >= 4 is 34.4 Å². The second kappa shape index (κ2) is 4.03. The van der Waals surface area contributed by atoms with E-state index in [1.807, 2.05) is 0 Å². The minimum absolute atomic E-state index is 0.0350. The molecule has 0 unspecified atom stereocenters. The maximum absolute atomic E-state index is 13.2. The highest BCUT2D eigenvalue weighted by Gasteiger charge is 2.08. The molecule has 1 aromatic carbocycles. The van der Waals surface area contributed by atoms with Crippen molar-refractivity contribution in [2.75, 3.05) is 5.32 Å². The van der Waals surface area contributed by atoms with E-state index in [1.54, 1.807) is 0 Å². The molecule has 0 bridgehead atoms. The van der Waals surface area contributed by atoms with Crippen LogP contribution in [-0.4, -0.2) is 10.2 Å². The number of H-pyrrole nitrogens is 1. The van der Waals surface area contributed by atoms with Crippen LogP contribution in [0.25, 0.3) is 0 Å². The van der Waals surface area contributed by atoms with Crippen molar-refractivity contribution in [3.05, 3.63) is 33.8 Å². The molecule has 2 rings (SSSR count). The van der Waals surface area contributed by atoms with Crippen LogP contribution in [0.2, 0.25) is 0 Å². The van der Waals surface area contributed by atoms with Gasteiger partial charge >= 0.3 is 0 Å². The molecule has 15 heavy (non-hydrogen) atoms. The van der Waals surface area contributed by atoms with Gasteiger partial charge < -0.3 is 5.32 Å². The number of halogens is 2. The monoisotopic (exact) mass is 245 g/mol. The molecular formula is C8H5F2N3S2. The Labute approximate surface area is 92.8 Å². The molecule has 0 atom stereocenters. The van der Waals surface area contributed by atoms with E-state index in [4.69, 9.17) is 12.2 Å². The van der Waals surface area contributed by atoms with Crippen LogP contribution in [-0.2, 0) is 0 Å². The van der Waals surface area contributed by atoms with E-state index in [2.05, 4.69) is 15.5 Å². The maximum atomic E-state index is 13.2. The van der Waals surface area contributed by atoms with Crippen molar-refractivity contribution in [1.29, 1.82) is 0 Å². The van der Waals surface area contributed by atoms with Crippen LogP contribution >= 0.6 is 23.6 Å². The Balaban J connectivity index is 2.32. The molecule has 0 aliphatic rings. The third-order valence-electron chi connectivity index (χ3n) is 1.63. The minimum Gasteiger partial charge on any atom is -0.328 e. The molecule has 0 aliphatic carbocycles. The van der Waals surface area contributed by atoms with Gasteiger partial charge in [0.25, 0.3) is 0 Å². The molecule has 0 fully saturated rings. The lowest BCUT2D eigenvalue weighted by molar-refractivity contribution is 0.512. The quantitative estimate of drug-likeness (QED) is 0.798. The lowest BCUT2D eigenvalue weighted by Gasteiger charge is -2.03. The summed E-state index contributed by atoms with van der Waals surface area (Å²) in [7, 11) is 0. The van der Waals surface area contributed by atoms with Gasteiger partial charge in [0.05, 0.1) is 5.69 Å². The van der Waals surface area contributed by atoms with E-state index in [0.29, 0.717) is 9.09 Å². The number of aromatic nitrogens is 2. The summed E-state index contributed by atoms with van der Waals surface area (Å²) in [6.07, 6.45) is 0. The number of aromatic amines is 1. The number of hydrogen-bond acceptors (Lipinski definition) is 4. The normalized spacial score (nSPS) is 10.3. The Morgan fingerprint density at radius 2 is 2.20 bits per heavy atom. The van der Waals surface area contributed by atoms with Gasteiger partial charge in [-0.25, -0.2) is 8.78 Å². The molecule has 7 heteroatoms. The zero-order valence-corrected chi connectivity index (χ0v) is 8.88. The van der Waals surface area contributed by atoms with E-state index in [0.717, 1.165) is 17.4 Å². The molecule has 0 aliphatic heterocycles. The average molecular weight is 245 g/mol. The van der Waals surface area contributed by atoms with E-state index in [-0.39, 0.29) is 5.69 Å². The fraction of sp³-hybridized carbons (Fsp3) is 0. The van der Waals surface area contributed by atoms with Crippen LogP contribution in [0.15, 0.2) is 18.2 Å². The zero-order valence-electron chi connectivity index (χ0n) is 7.25. The largest absolute Gasteiger partial charge is 0.328 e. The first-order valence-electron chi connectivity index (χ1n) is 3.93. The number of rotatable bonds is 2. The van der Waals surface area contributed by atoms with Crippen molar-refractivity contribution in [3.8, 4) is 0 Å². The molecule has 0 amide bonds.